The van der Waals surface area contributed by atoms with Crippen molar-refractivity contribution >= 4 is 17.8 Å². The monoisotopic (exact) mass is 454 g/mol. The van der Waals surface area contributed by atoms with Crippen LogP contribution in [0.25, 0.3) is 0 Å². The van der Waals surface area contributed by atoms with E-state index in [0.29, 0.717) is 18.1 Å². The van der Waals surface area contributed by atoms with E-state index in [-0.39, 0.29) is 36.3 Å². The molecule has 6 heteroatoms. The zero-order valence-electron chi connectivity index (χ0n) is 22.6. The standard InChI is InChI=1S/C23H42N2O4.C3H8/c1-10-23(11-2,14-16(4)5)22(28)24-15-20(26)25(9)19(17(6)7)13-18(8)21(27)29-12-3;1-3-2/h13,16-17,19H,10-12,14-15H2,1-9H3,(H,24,28);3H2,1-2H3/b18-13+;/t19-;/m1./s1. The molecule has 0 radical (unpaired) electrons. The zero-order chi connectivity index (χ0) is 25.5. The van der Waals surface area contributed by atoms with E-state index in [0.717, 1.165) is 19.3 Å². The summed E-state index contributed by atoms with van der Waals surface area (Å²) in [5.41, 5.74) is 0.0346. The Morgan fingerprint density at radius 3 is 1.88 bits per heavy atom. The number of hydrogen-bond acceptors (Lipinski definition) is 4. The molecule has 0 aliphatic rings. The second-order valence-corrected chi connectivity index (χ2v) is 9.28. The van der Waals surface area contributed by atoms with E-state index < -0.39 is 5.41 Å². The van der Waals surface area contributed by atoms with E-state index >= 15 is 0 Å². The summed E-state index contributed by atoms with van der Waals surface area (Å²) in [6.07, 6.45) is 5.30. The van der Waals surface area contributed by atoms with Crippen LogP contribution in [0.3, 0.4) is 0 Å². The molecule has 0 fully saturated rings. The van der Waals surface area contributed by atoms with Gasteiger partial charge in [-0.1, -0.05) is 67.9 Å². The largest absolute Gasteiger partial charge is 0.463 e. The first kappa shape index (κ1) is 32.3. The fourth-order valence-corrected chi connectivity index (χ4v) is 3.69. The highest BCUT2D eigenvalue weighted by atomic mass is 16.5. The average Bonchev–Trinajstić information content (AvgIpc) is 2.73. The molecule has 0 saturated heterocycles. The van der Waals surface area contributed by atoms with Crippen molar-refractivity contribution in [3.05, 3.63) is 11.6 Å². The number of rotatable bonds is 12. The molecule has 0 aromatic rings. The number of esters is 1. The van der Waals surface area contributed by atoms with Gasteiger partial charge in [-0.25, -0.2) is 4.79 Å². The summed E-state index contributed by atoms with van der Waals surface area (Å²) < 4.78 is 5.03. The highest BCUT2D eigenvalue weighted by Crippen LogP contribution is 2.34. The van der Waals surface area contributed by atoms with Crippen LogP contribution in [0, 0.1) is 17.3 Å². The molecule has 1 N–H and O–H groups in total. The molecule has 0 aliphatic carbocycles. The van der Waals surface area contributed by atoms with Gasteiger partial charge >= 0.3 is 5.97 Å². The maximum absolute atomic E-state index is 12.9. The van der Waals surface area contributed by atoms with Gasteiger partial charge in [0.2, 0.25) is 11.8 Å². The number of amides is 2. The lowest BCUT2D eigenvalue weighted by Gasteiger charge is -2.33. The van der Waals surface area contributed by atoms with Crippen LogP contribution in [0.5, 0.6) is 0 Å². The summed E-state index contributed by atoms with van der Waals surface area (Å²) in [6, 6.07) is -0.262. The topological polar surface area (TPSA) is 75.7 Å². The third kappa shape index (κ3) is 11.1. The maximum atomic E-state index is 12.9. The van der Waals surface area contributed by atoms with Gasteiger partial charge in [0, 0.05) is 18.0 Å². The van der Waals surface area contributed by atoms with Crippen molar-refractivity contribution in [1.82, 2.24) is 10.2 Å². The Morgan fingerprint density at radius 2 is 1.50 bits per heavy atom. The number of likely N-dealkylation sites (N-methyl/N-ethyl adjacent to an activating group) is 1. The quantitative estimate of drug-likeness (QED) is 0.318. The third-order valence-electron chi connectivity index (χ3n) is 5.58. The Morgan fingerprint density at radius 1 is 1.00 bits per heavy atom. The first-order chi connectivity index (χ1) is 14.9. The third-order valence-corrected chi connectivity index (χ3v) is 5.58. The molecule has 0 aromatic carbocycles. The van der Waals surface area contributed by atoms with Gasteiger partial charge < -0.3 is 15.0 Å². The lowest BCUT2D eigenvalue weighted by Crippen LogP contribution is -2.48. The molecular weight excluding hydrogens is 404 g/mol. The normalized spacial score (nSPS) is 12.7. The summed E-state index contributed by atoms with van der Waals surface area (Å²) in [6.45, 7) is 20.2. The smallest absolute Gasteiger partial charge is 0.333 e. The van der Waals surface area contributed by atoms with Crippen molar-refractivity contribution in [2.75, 3.05) is 20.2 Å². The van der Waals surface area contributed by atoms with Crippen molar-refractivity contribution in [3.8, 4) is 0 Å². The average molecular weight is 455 g/mol. The minimum absolute atomic E-state index is 0.0509. The van der Waals surface area contributed by atoms with Gasteiger partial charge in [0.05, 0.1) is 19.2 Å². The maximum Gasteiger partial charge on any atom is 0.333 e. The van der Waals surface area contributed by atoms with E-state index in [2.05, 4.69) is 33.0 Å². The molecule has 0 unspecified atom stereocenters. The molecule has 6 nitrogen and oxygen atoms in total. The number of ether oxygens (including phenoxy) is 1. The molecule has 0 aromatic heterocycles. The van der Waals surface area contributed by atoms with E-state index in [1.807, 2.05) is 27.7 Å². The van der Waals surface area contributed by atoms with Crippen molar-refractivity contribution in [2.24, 2.45) is 17.3 Å². The van der Waals surface area contributed by atoms with E-state index in [9.17, 15) is 14.4 Å². The Hall–Kier alpha value is -1.85. The second-order valence-electron chi connectivity index (χ2n) is 9.28. The summed E-state index contributed by atoms with van der Waals surface area (Å²) in [7, 11) is 1.70. The number of hydrogen-bond donors (Lipinski definition) is 1. The molecule has 0 saturated carbocycles. The molecule has 1 atom stereocenters. The molecule has 0 rings (SSSR count). The molecule has 32 heavy (non-hydrogen) atoms. The molecule has 0 spiro atoms. The van der Waals surface area contributed by atoms with Gasteiger partial charge in [-0.2, -0.15) is 0 Å². The highest BCUT2D eigenvalue weighted by Gasteiger charge is 2.35. The van der Waals surface area contributed by atoms with Crippen LogP contribution in [0.15, 0.2) is 11.6 Å². The van der Waals surface area contributed by atoms with Crippen molar-refractivity contribution in [3.63, 3.8) is 0 Å². The molecule has 2 amide bonds. The van der Waals surface area contributed by atoms with Gasteiger partial charge in [0.1, 0.15) is 0 Å². The van der Waals surface area contributed by atoms with Crippen LogP contribution in [0.1, 0.15) is 94.9 Å². The van der Waals surface area contributed by atoms with Crippen molar-refractivity contribution < 1.29 is 19.1 Å². The van der Waals surface area contributed by atoms with E-state index in [4.69, 9.17) is 4.74 Å². The Bertz CT molecular complexity index is 593. The predicted molar refractivity (Wildman–Crippen MR) is 133 cm³/mol. The number of nitrogens with one attached hydrogen (secondary N) is 1. The van der Waals surface area contributed by atoms with Crippen LogP contribution in [-0.2, 0) is 19.1 Å². The SMILES string of the molecule is CCC.CCOC(=O)/C(C)=C/[C@H](C(C)C)N(C)C(=O)CNC(=O)C(CC)(CC)CC(C)C. The lowest BCUT2D eigenvalue weighted by molar-refractivity contribution is -0.138. The summed E-state index contributed by atoms with van der Waals surface area (Å²) in [5.74, 6) is -0.111. The number of carbonyl (C=O) groups is 3. The summed E-state index contributed by atoms with van der Waals surface area (Å²) >= 11 is 0. The van der Waals surface area contributed by atoms with Crippen molar-refractivity contribution in [2.45, 2.75) is 101 Å². The van der Waals surface area contributed by atoms with Crippen LogP contribution in [0.2, 0.25) is 0 Å². The van der Waals surface area contributed by atoms with Crippen LogP contribution in [-0.4, -0.2) is 48.9 Å². The fraction of sp³-hybridized carbons (Fsp3) is 0.808. The molecule has 0 bridgehead atoms. The van der Waals surface area contributed by atoms with Gasteiger partial charge in [0.15, 0.2) is 0 Å². The van der Waals surface area contributed by atoms with E-state index in [1.165, 1.54) is 6.42 Å². The number of carbonyl (C=O) groups excluding carboxylic acids is 3. The van der Waals surface area contributed by atoms with Gasteiger partial charge in [-0.3, -0.25) is 9.59 Å². The Labute approximate surface area is 197 Å². The van der Waals surface area contributed by atoms with Crippen LogP contribution < -0.4 is 5.32 Å². The van der Waals surface area contributed by atoms with Crippen LogP contribution in [0.4, 0.5) is 0 Å². The summed E-state index contributed by atoms with van der Waals surface area (Å²) in [4.78, 5) is 39.2. The van der Waals surface area contributed by atoms with Gasteiger partial charge in [-0.05, 0) is 44.9 Å². The molecule has 0 aliphatic heterocycles. The Kier molecular flexibility index (Phi) is 16.9. The fourth-order valence-electron chi connectivity index (χ4n) is 3.69. The molecule has 188 valence electrons. The molecular formula is C26H50N2O4. The summed E-state index contributed by atoms with van der Waals surface area (Å²) in [5, 5.41) is 2.86. The van der Waals surface area contributed by atoms with Gasteiger partial charge in [-0.15, -0.1) is 0 Å². The Balaban J connectivity index is 0. The first-order valence-electron chi connectivity index (χ1n) is 12.3. The second kappa shape index (κ2) is 16.7. The van der Waals surface area contributed by atoms with Crippen molar-refractivity contribution in [1.29, 1.82) is 0 Å². The highest BCUT2D eigenvalue weighted by molar-refractivity contribution is 5.89. The predicted octanol–water partition coefficient (Wildman–Crippen LogP) is 5.36. The number of nitrogens with zero attached hydrogens (tertiary/aromatic N) is 1. The minimum atomic E-state index is -0.440. The lowest BCUT2D eigenvalue weighted by atomic mass is 9.75. The minimum Gasteiger partial charge on any atom is -0.463 e. The van der Waals surface area contributed by atoms with Gasteiger partial charge in [0.25, 0.3) is 0 Å². The van der Waals surface area contributed by atoms with E-state index in [1.54, 1.807) is 31.9 Å². The zero-order valence-corrected chi connectivity index (χ0v) is 22.6. The van der Waals surface area contributed by atoms with Crippen LogP contribution >= 0.6 is 0 Å². The first-order valence-corrected chi connectivity index (χ1v) is 12.3. The molecule has 0 heterocycles.